The maximum Gasteiger partial charge on any atom is 0.264 e. The van der Waals surface area contributed by atoms with Gasteiger partial charge < -0.3 is 10.2 Å². The van der Waals surface area contributed by atoms with Crippen molar-refractivity contribution in [3.8, 4) is 0 Å². The Morgan fingerprint density at radius 2 is 1.51 bits per heavy atom. The summed E-state index contributed by atoms with van der Waals surface area (Å²) in [6.07, 6.45) is 1.91. The fourth-order valence-corrected chi connectivity index (χ4v) is 6.86. The van der Waals surface area contributed by atoms with Crippen LogP contribution in [-0.4, -0.2) is 44.3 Å². The number of carbonyl (C=O) groups is 2. The van der Waals surface area contributed by atoms with Crippen LogP contribution in [0.5, 0.6) is 0 Å². The maximum absolute atomic E-state index is 14.5. The van der Waals surface area contributed by atoms with E-state index in [0.29, 0.717) is 6.54 Å². The van der Waals surface area contributed by atoms with Gasteiger partial charge >= 0.3 is 0 Å². The summed E-state index contributed by atoms with van der Waals surface area (Å²) in [5.41, 5.74) is 2.72. The highest BCUT2D eigenvalue weighted by Crippen LogP contribution is 2.33. The van der Waals surface area contributed by atoms with Gasteiger partial charge in [0.1, 0.15) is 12.6 Å². The molecule has 0 aromatic heterocycles. The van der Waals surface area contributed by atoms with E-state index in [0.717, 1.165) is 33.8 Å². The van der Waals surface area contributed by atoms with Crippen molar-refractivity contribution in [2.75, 3.05) is 17.4 Å². The number of benzene rings is 4. The van der Waals surface area contributed by atoms with Crippen molar-refractivity contribution in [3.05, 3.63) is 130 Å². The summed E-state index contributed by atoms with van der Waals surface area (Å²) in [6.45, 7) is 3.91. The summed E-state index contributed by atoms with van der Waals surface area (Å²) in [7, 11) is -4.28. The van der Waals surface area contributed by atoms with E-state index in [4.69, 9.17) is 23.2 Å². The molecule has 2 amide bonds. The van der Waals surface area contributed by atoms with Crippen LogP contribution < -0.4 is 9.62 Å². The average Bonchev–Trinajstić information content (AvgIpc) is 3.03. The quantitative estimate of drug-likeness (QED) is 0.146. The lowest BCUT2D eigenvalue weighted by atomic mass is 10.0. The number of amides is 2. The number of hydrogen-bond acceptors (Lipinski definition) is 4. The van der Waals surface area contributed by atoms with E-state index in [-0.39, 0.29) is 39.5 Å². The number of anilines is 1. The zero-order valence-corrected chi connectivity index (χ0v) is 27.7. The zero-order chi connectivity index (χ0) is 32.4. The molecule has 236 valence electrons. The smallest absolute Gasteiger partial charge is 0.264 e. The number of hydrogen-bond donors (Lipinski definition) is 1. The molecule has 0 spiro atoms. The van der Waals surface area contributed by atoms with Crippen LogP contribution in [0.3, 0.4) is 0 Å². The Hall–Kier alpha value is -3.85. The number of nitrogens with one attached hydrogen (secondary N) is 1. The van der Waals surface area contributed by atoms with E-state index in [1.54, 1.807) is 24.3 Å². The van der Waals surface area contributed by atoms with E-state index in [1.807, 2.05) is 68.4 Å². The van der Waals surface area contributed by atoms with E-state index in [2.05, 4.69) is 5.32 Å². The third-order valence-corrected chi connectivity index (χ3v) is 9.65. The van der Waals surface area contributed by atoms with Crippen molar-refractivity contribution in [1.29, 1.82) is 0 Å². The molecule has 1 atom stereocenters. The van der Waals surface area contributed by atoms with Crippen molar-refractivity contribution in [2.24, 2.45) is 0 Å². The van der Waals surface area contributed by atoms with Crippen LogP contribution in [-0.2, 0) is 32.6 Å². The van der Waals surface area contributed by atoms with Crippen LogP contribution in [0.15, 0.2) is 108 Å². The molecule has 0 bridgehead atoms. The van der Waals surface area contributed by atoms with Gasteiger partial charge in [0.25, 0.3) is 10.0 Å². The third-order valence-electron chi connectivity index (χ3n) is 7.32. The van der Waals surface area contributed by atoms with Gasteiger partial charge in [-0.05, 0) is 54.8 Å². The molecule has 0 aliphatic heterocycles. The minimum atomic E-state index is -4.28. The van der Waals surface area contributed by atoms with Crippen LogP contribution in [0.25, 0.3) is 0 Å². The van der Waals surface area contributed by atoms with E-state index >= 15 is 0 Å². The summed E-state index contributed by atoms with van der Waals surface area (Å²) < 4.78 is 29.2. The standard InChI is InChI=1S/C35H37Cl2N3O4S/c1-3-4-20-38-35(42)33(22-27-13-7-5-8-14-27)39(24-28-15-11-12-26(2)21-28)34(41)25-40(32-23-29(36)18-19-31(32)37)45(43,44)30-16-9-6-10-17-30/h5-19,21,23,33H,3-4,20,22,24-25H2,1-2H3,(H,38,42). The minimum Gasteiger partial charge on any atom is -0.354 e. The molecule has 0 heterocycles. The number of nitrogens with zero attached hydrogens (tertiary/aromatic N) is 2. The molecular formula is C35H37Cl2N3O4S. The second-order valence-electron chi connectivity index (χ2n) is 10.8. The molecule has 0 aliphatic rings. The normalized spacial score (nSPS) is 11.9. The first-order valence-electron chi connectivity index (χ1n) is 14.8. The second kappa shape index (κ2) is 15.9. The topological polar surface area (TPSA) is 86.8 Å². The number of rotatable bonds is 14. The number of unbranched alkanes of at least 4 members (excludes halogenated alkanes) is 1. The number of sulfonamides is 1. The monoisotopic (exact) mass is 665 g/mol. The molecule has 4 aromatic rings. The first-order valence-corrected chi connectivity index (χ1v) is 17.0. The van der Waals surface area contributed by atoms with Gasteiger partial charge in [0.15, 0.2) is 0 Å². The van der Waals surface area contributed by atoms with E-state index in [9.17, 15) is 18.0 Å². The third kappa shape index (κ3) is 9.10. The fraction of sp³-hybridized carbons (Fsp3) is 0.257. The summed E-state index contributed by atoms with van der Waals surface area (Å²) in [6, 6.07) is 28.5. The summed E-state index contributed by atoms with van der Waals surface area (Å²) in [5, 5.41) is 3.35. The Balaban J connectivity index is 1.81. The lowest BCUT2D eigenvalue weighted by molar-refractivity contribution is -0.140. The van der Waals surface area contributed by atoms with Crippen molar-refractivity contribution >= 4 is 50.7 Å². The van der Waals surface area contributed by atoms with E-state index < -0.39 is 28.5 Å². The molecular weight excluding hydrogens is 629 g/mol. The number of aryl methyl sites for hydroxylation is 1. The lowest BCUT2D eigenvalue weighted by Gasteiger charge is -2.34. The molecule has 0 fully saturated rings. The van der Waals surface area contributed by atoms with Crippen LogP contribution in [0.4, 0.5) is 5.69 Å². The number of carbonyl (C=O) groups excluding carboxylic acids is 2. The van der Waals surface area contributed by atoms with Crippen LogP contribution in [0.2, 0.25) is 10.0 Å². The van der Waals surface area contributed by atoms with Crippen molar-refractivity contribution in [1.82, 2.24) is 10.2 Å². The van der Waals surface area contributed by atoms with Crippen LogP contribution in [0.1, 0.15) is 36.5 Å². The predicted octanol–water partition coefficient (Wildman–Crippen LogP) is 7.05. The Morgan fingerprint density at radius 1 is 0.844 bits per heavy atom. The molecule has 4 rings (SSSR count). The van der Waals surface area contributed by atoms with E-state index in [1.165, 1.54) is 29.2 Å². The molecule has 1 N–H and O–H groups in total. The summed E-state index contributed by atoms with van der Waals surface area (Å²) in [4.78, 5) is 29.8. The van der Waals surface area contributed by atoms with Gasteiger partial charge in [0, 0.05) is 24.5 Å². The van der Waals surface area contributed by atoms with Gasteiger partial charge in [-0.25, -0.2) is 8.42 Å². The first-order chi connectivity index (χ1) is 21.6. The molecule has 1 unspecified atom stereocenters. The van der Waals surface area contributed by atoms with Crippen molar-refractivity contribution in [2.45, 2.75) is 50.6 Å². The second-order valence-corrected chi connectivity index (χ2v) is 13.5. The maximum atomic E-state index is 14.5. The average molecular weight is 667 g/mol. The van der Waals surface area contributed by atoms with Gasteiger partial charge in [-0.3, -0.25) is 13.9 Å². The molecule has 4 aromatic carbocycles. The fourth-order valence-electron chi connectivity index (χ4n) is 4.98. The Kier molecular flexibility index (Phi) is 12.0. The largest absolute Gasteiger partial charge is 0.354 e. The SMILES string of the molecule is CCCCNC(=O)C(Cc1ccccc1)N(Cc1cccc(C)c1)C(=O)CN(c1cc(Cl)ccc1Cl)S(=O)(=O)c1ccccc1. The van der Waals surface area contributed by atoms with Crippen molar-refractivity contribution in [3.63, 3.8) is 0 Å². The number of halogens is 2. The summed E-state index contributed by atoms with van der Waals surface area (Å²) in [5.74, 6) is -0.884. The molecule has 45 heavy (non-hydrogen) atoms. The highest BCUT2D eigenvalue weighted by atomic mass is 35.5. The molecule has 0 saturated carbocycles. The molecule has 0 aliphatic carbocycles. The van der Waals surface area contributed by atoms with Gasteiger partial charge in [0.05, 0.1) is 15.6 Å². The Morgan fingerprint density at radius 3 is 2.18 bits per heavy atom. The highest BCUT2D eigenvalue weighted by Gasteiger charge is 2.35. The summed E-state index contributed by atoms with van der Waals surface area (Å²) >= 11 is 12.8. The zero-order valence-electron chi connectivity index (χ0n) is 25.3. The molecule has 10 heteroatoms. The van der Waals surface area contributed by atoms with Gasteiger partial charge in [-0.2, -0.15) is 0 Å². The molecule has 7 nitrogen and oxygen atoms in total. The minimum absolute atomic E-state index is 0.0165. The molecule has 0 saturated heterocycles. The lowest BCUT2D eigenvalue weighted by Crippen LogP contribution is -2.53. The first kappa shape index (κ1) is 34.0. The van der Waals surface area contributed by atoms with Gasteiger partial charge in [0.2, 0.25) is 11.8 Å². The highest BCUT2D eigenvalue weighted by molar-refractivity contribution is 7.92. The van der Waals surface area contributed by atoms with Crippen molar-refractivity contribution < 1.29 is 18.0 Å². The van der Waals surface area contributed by atoms with Crippen LogP contribution >= 0.6 is 23.2 Å². The van der Waals surface area contributed by atoms with Gasteiger partial charge in [-0.15, -0.1) is 0 Å². The Bertz CT molecular complexity index is 1700. The molecule has 0 radical (unpaired) electrons. The van der Waals surface area contributed by atoms with Gasteiger partial charge in [-0.1, -0.05) is 115 Å². The Labute approximate surface area is 275 Å². The van der Waals surface area contributed by atoms with Crippen LogP contribution in [0, 0.1) is 6.92 Å². The predicted molar refractivity (Wildman–Crippen MR) is 181 cm³/mol.